The molecule has 10 nitrogen and oxygen atoms in total. The average Bonchev–Trinajstić information content (AvgIpc) is 2.76. The molecule has 2 heterocycles. The highest BCUT2D eigenvalue weighted by Gasteiger charge is 2.44. The number of nitrogens with one attached hydrogen (secondary N) is 1. The van der Waals surface area contributed by atoms with Gasteiger partial charge in [0.25, 0.3) is 5.56 Å². The Balaban J connectivity index is 2.17. The van der Waals surface area contributed by atoms with Gasteiger partial charge in [-0.1, -0.05) is 0 Å². The Morgan fingerprint density at radius 2 is 2.17 bits per heavy atom. The number of aliphatic hydroxyl groups is 2. The fraction of sp³-hybridized carbons (Fsp3) is 0.583. The van der Waals surface area contributed by atoms with Gasteiger partial charge < -0.3 is 25.4 Å². The molecule has 1 aromatic rings. The maximum atomic E-state index is 13.3. The molecule has 0 spiro atoms. The van der Waals surface area contributed by atoms with E-state index in [1.807, 2.05) is 0 Å². The number of hydrogen-bond acceptors (Lipinski definition) is 8. The molecular weight excluding hydrogens is 317 g/mol. The molecule has 1 aliphatic heterocycles. The Hall–Kier alpha value is -2.08. The minimum absolute atomic E-state index is 0.421. The Bertz CT molecular complexity index is 701. The first kappa shape index (κ1) is 17.3. The number of nitrogens with two attached hydrogens (primary N) is 1. The molecule has 1 saturated heterocycles. The highest BCUT2D eigenvalue weighted by atomic mass is 19.1. The number of carbonyl (C=O) groups is 1. The first-order chi connectivity index (χ1) is 10.7. The number of H-pyrrole nitrogens is 1. The van der Waals surface area contributed by atoms with Crippen molar-refractivity contribution < 1.29 is 28.9 Å². The number of ether oxygens (including phenoxy) is 2. The van der Waals surface area contributed by atoms with Crippen molar-refractivity contribution in [3.05, 3.63) is 32.9 Å². The van der Waals surface area contributed by atoms with Gasteiger partial charge in [-0.25, -0.2) is 4.79 Å². The van der Waals surface area contributed by atoms with Crippen molar-refractivity contribution >= 4 is 5.97 Å². The molecule has 1 aromatic heterocycles. The smallest absolute Gasteiger partial charge is 0.330 e. The van der Waals surface area contributed by atoms with Crippen LogP contribution in [-0.4, -0.2) is 56.7 Å². The van der Waals surface area contributed by atoms with Gasteiger partial charge in [0.15, 0.2) is 6.23 Å². The second-order valence-electron chi connectivity index (χ2n) is 5.11. The number of aliphatic hydroxyl groups excluding tert-OH is 2. The summed E-state index contributed by atoms with van der Waals surface area (Å²) in [5, 5.41) is 19.8. The summed E-state index contributed by atoms with van der Waals surface area (Å²) in [6.45, 7) is 0.976. The number of esters is 1. The molecule has 5 atom stereocenters. The van der Waals surface area contributed by atoms with Crippen LogP contribution in [0, 0.1) is 5.82 Å². The van der Waals surface area contributed by atoms with Crippen molar-refractivity contribution in [2.75, 3.05) is 6.61 Å². The fourth-order valence-corrected chi connectivity index (χ4v) is 2.04. The minimum Gasteiger partial charge on any atom is -0.462 e. The van der Waals surface area contributed by atoms with Gasteiger partial charge in [-0.15, -0.1) is 0 Å². The third-order valence-corrected chi connectivity index (χ3v) is 3.30. The van der Waals surface area contributed by atoms with E-state index in [1.54, 1.807) is 4.98 Å². The summed E-state index contributed by atoms with van der Waals surface area (Å²) < 4.78 is 23.9. The molecule has 0 bridgehead atoms. The number of aromatic amines is 1. The Labute approximate surface area is 128 Å². The van der Waals surface area contributed by atoms with Gasteiger partial charge in [0.2, 0.25) is 5.82 Å². The van der Waals surface area contributed by atoms with Crippen LogP contribution < -0.4 is 17.0 Å². The van der Waals surface area contributed by atoms with E-state index in [0.717, 1.165) is 0 Å². The lowest BCUT2D eigenvalue weighted by atomic mass is 10.1. The van der Waals surface area contributed by atoms with Gasteiger partial charge in [0, 0.05) is 0 Å². The third-order valence-electron chi connectivity index (χ3n) is 3.30. The van der Waals surface area contributed by atoms with E-state index >= 15 is 0 Å². The monoisotopic (exact) mass is 333 g/mol. The summed E-state index contributed by atoms with van der Waals surface area (Å²) in [5.74, 6) is -2.01. The molecule has 0 amide bonds. The number of nitrogens with zero attached hydrogens (tertiary/aromatic N) is 1. The predicted molar refractivity (Wildman–Crippen MR) is 71.8 cm³/mol. The minimum atomic E-state index is -1.60. The van der Waals surface area contributed by atoms with Crippen molar-refractivity contribution in [3.8, 4) is 0 Å². The molecule has 0 unspecified atom stereocenters. The van der Waals surface area contributed by atoms with Crippen LogP contribution in [0.5, 0.6) is 0 Å². The van der Waals surface area contributed by atoms with Crippen molar-refractivity contribution in [1.82, 2.24) is 9.55 Å². The summed E-state index contributed by atoms with van der Waals surface area (Å²) in [6, 6.07) is -0.884. The van der Waals surface area contributed by atoms with Gasteiger partial charge in [0.05, 0.1) is 6.20 Å². The molecule has 0 saturated carbocycles. The summed E-state index contributed by atoms with van der Waals surface area (Å²) in [6.07, 6.45) is -5.15. The molecular formula is C12H16FN3O7. The quantitative estimate of drug-likeness (QED) is 0.430. The van der Waals surface area contributed by atoms with E-state index in [-0.39, 0.29) is 0 Å². The average molecular weight is 333 g/mol. The molecule has 0 aliphatic carbocycles. The SMILES string of the molecule is C[C@H](N)C(=O)OC[C@H]1O[C@@H](n2cc(F)c(=O)[nH]c2=O)[C@H](O)[C@@H]1O. The third kappa shape index (κ3) is 3.47. The van der Waals surface area contributed by atoms with E-state index in [0.29, 0.717) is 10.8 Å². The van der Waals surface area contributed by atoms with Crippen LogP contribution in [0.4, 0.5) is 4.39 Å². The molecule has 1 fully saturated rings. The van der Waals surface area contributed by atoms with Gasteiger partial charge in [-0.3, -0.25) is 19.1 Å². The van der Waals surface area contributed by atoms with Crippen LogP contribution >= 0.6 is 0 Å². The van der Waals surface area contributed by atoms with Crippen LogP contribution in [0.2, 0.25) is 0 Å². The first-order valence-corrected chi connectivity index (χ1v) is 6.67. The number of hydrogen-bond donors (Lipinski definition) is 4. The van der Waals surface area contributed by atoms with E-state index in [9.17, 15) is 29.0 Å². The number of rotatable bonds is 4. The highest BCUT2D eigenvalue weighted by molar-refractivity contribution is 5.74. The first-order valence-electron chi connectivity index (χ1n) is 6.67. The van der Waals surface area contributed by atoms with E-state index in [1.165, 1.54) is 6.92 Å². The normalized spacial score (nSPS) is 28.6. The second kappa shape index (κ2) is 6.58. The van der Waals surface area contributed by atoms with Crippen molar-refractivity contribution in [2.45, 2.75) is 37.5 Å². The Morgan fingerprint density at radius 3 is 2.78 bits per heavy atom. The topological polar surface area (TPSA) is 157 Å². The highest BCUT2D eigenvalue weighted by Crippen LogP contribution is 2.28. The van der Waals surface area contributed by atoms with Crippen molar-refractivity contribution in [2.24, 2.45) is 5.73 Å². The number of carbonyl (C=O) groups excluding carboxylic acids is 1. The van der Waals surface area contributed by atoms with Gasteiger partial charge >= 0.3 is 11.7 Å². The summed E-state index contributed by atoms with van der Waals surface area (Å²) >= 11 is 0. The van der Waals surface area contributed by atoms with Crippen LogP contribution in [0.25, 0.3) is 0 Å². The molecule has 1 aliphatic rings. The zero-order valence-electron chi connectivity index (χ0n) is 12.0. The Morgan fingerprint density at radius 1 is 1.52 bits per heavy atom. The summed E-state index contributed by atoms with van der Waals surface area (Å²) in [5.41, 5.74) is 3.06. The number of aromatic nitrogens is 2. The lowest BCUT2D eigenvalue weighted by Gasteiger charge is -2.17. The maximum Gasteiger partial charge on any atom is 0.330 e. The van der Waals surface area contributed by atoms with E-state index in [2.05, 4.69) is 0 Å². The van der Waals surface area contributed by atoms with Gasteiger partial charge in [-0.2, -0.15) is 4.39 Å². The lowest BCUT2D eigenvalue weighted by molar-refractivity contribution is -0.151. The summed E-state index contributed by atoms with van der Waals surface area (Å²) in [7, 11) is 0. The fourth-order valence-electron chi connectivity index (χ4n) is 2.04. The van der Waals surface area contributed by atoms with Crippen LogP contribution in [0.3, 0.4) is 0 Å². The van der Waals surface area contributed by atoms with Gasteiger partial charge in [0.1, 0.15) is 31.0 Å². The second-order valence-corrected chi connectivity index (χ2v) is 5.11. The lowest BCUT2D eigenvalue weighted by Crippen LogP contribution is -2.39. The van der Waals surface area contributed by atoms with Crippen LogP contribution in [0.1, 0.15) is 13.2 Å². The molecule has 0 radical (unpaired) electrons. The standard InChI is InChI=1S/C12H16FN3O7/c1-4(14)11(20)22-3-6-7(17)8(18)10(23-6)16-2-5(13)9(19)15-12(16)21/h2,4,6-8,10,17-18H,3,14H2,1H3,(H,15,19,21)/t4-,6+,7+,8+,10+/m0/s1. The van der Waals surface area contributed by atoms with Crippen molar-refractivity contribution in [3.63, 3.8) is 0 Å². The summed E-state index contributed by atoms with van der Waals surface area (Å²) in [4.78, 5) is 35.6. The van der Waals surface area contributed by atoms with E-state index in [4.69, 9.17) is 15.2 Å². The molecule has 23 heavy (non-hydrogen) atoms. The Kier molecular flexibility index (Phi) is 4.94. The molecule has 2 rings (SSSR count). The maximum absolute atomic E-state index is 13.3. The predicted octanol–water partition coefficient (Wildman–Crippen LogP) is -2.81. The van der Waals surface area contributed by atoms with Gasteiger partial charge in [-0.05, 0) is 6.92 Å². The van der Waals surface area contributed by atoms with E-state index < -0.39 is 60.2 Å². The molecule has 11 heteroatoms. The zero-order chi connectivity index (χ0) is 17.3. The molecule has 128 valence electrons. The van der Waals surface area contributed by atoms with Crippen molar-refractivity contribution in [1.29, 1.82) is 0 Å². The van der Waals surface area contributed by atoms with Crippen LogP contribution in [-0.2, 0) is 14.3 Å². The van der Waals surface area contributed by atoms with Crippen LogP contribution in [0.15, 0.2) is 15.8 Å². The largest absolute Gasteiger partial charge is 0.462 e. The molecule has 5 N–H and O–H groups in total. The molecule has 0 aromatic carbocycles. The number of halogens is 1. The zero-order valence-corrected chi connectivity index (χ0v) is 12.0.